The molecular formula is C28H23ClN2OS. The molecule has 1 saturated carbocycles. The van der Waals surface area contributed by atoms with Crippen LogP contribution in [0.1, 0.15) is 34.7 Å². The van der Waals surface area contributed by atoms with Gasteiger partial charge in [0.05, 0.1) is 10.7 Å². The number of carbonyl (C=O) groups excluding carboxylic acids is 1. The van der Waals surface area contributed by atoms with Crippen molar-refractivity contribution < 1.29 is 4.79 Å². The largest absolute Gasteiger partial charge is 0.322 e. The second-order valence-electron chi connectivity index (χ2n) is 8.17. The summed E-state index contributed by atoms with van der Waals surface area (Å²) in [6.45, 7) is 0. The fourth-order valence-corrected chi connectivity index (χ4v) is 4.64. The van der Waals surface area contributed by atoms with Crippen LogP contribution in [0, 0.1) is 0 Å². The van der Waals surface area contributed by atoms with Gasteiger partial charge in [-0.3, -0.25) is 9.78 Å². The molecule has 0 bridgehead atoms. The van der Waals surface area contributed by atoms with Gasteiger partial charge in [0.2, 0.25) is 0 Å². The van der Waals surface area contributed by atoms with Crippen LogP contribution < -0.4 is 5.32 Å². The molecule has 0 saturated heterocycles. The summed E-state index contributed by atoms with van der Waals surface area (Å²) in [4.78, 5) is 18.9. The highest BCUT2D eigenvalue weighted by atomic mass is 35.5. The van der Waals surface area contributed by atoms with Gasteiger partial charge in [0, 0.05) is 27.9 Å². The van der Waals surface area contributed by atoms with Crippen molar-refractivity contribution in [2.45, 2.75) is 23.7 Å². The number of hydrogen-bond acceptors (Lipinski definition) is 3. The smallest absolute Gasteiger partial charge is 0.256 e. The Labute approximate surface area is 203 Å². The van der Waals surface area contributed by atoms with Gasteiger partial charge in [-0.15, -0.1) is 11.8 Å². The highest BCUT2D eigenvalue weighted by Crippen LogP contribution is 2.41. The first-order valence-corrected chi connectivity index (χ1v) is 12.5. The lowest BCUT2D eigenvalue weighted by molar-refractivity contribution is 0.102. The Morgan fingerprint density at radius 1 is 0.970 bits per heavy atom. The summed E-state index contributed by atoms with van der Waals surface area (Å²) in [5.41, 5.74) is 6.25. The number of carbonyl (C=O) groups is 1. The predicted molar refractivity (Wildman–Crippen MR) is 138 cm³/mol. The summed E-state index contributed by atoms with van der Waals surface area (Å²) >= 11 is 8.09. The minimum absolute atomic E-state index is 0.149. The van der Waals surface area contributed by atoms with Gasteiger partial charge >= 0.3 is 0 Å². The van der Waals surface area contributed by atoms with Gasteiger partial charge < -0.3 is 5.32 Å². The summed E-state index contributed by atoms with van der Waals surface area (Å²) < 4.78 is 0. The van der Waals surface area contributed by atoms with Gasteiger partial charge in [-0.2, -0.15) is 0 Å². The van der Waals surface area contributed by atoms with Gasteiger partial charge in [-0.1, -0.05) is 41.9 Å². The maximum Gasteiger partial charge on any atom is 0.256 e. The number of amides is 1. The number of aromatic nitrogens is 1. The zero-order valence-corrected chi connectivity index (χ0v) is 19.8. The fourth-order valence-electron chi connectivity index (χ4n) is 3.98. The molecule has 1 aromatic heterocycles. The number of nitrogens with one attached hydrogen (secondary N) is 1. The monoisotopic (exact) mass is 470 g/mol. The minimum Gasteiger partial charge on any atom is -0.322 e. The van der Waals surface area contributed by atoms with Crippen LogP contribution in [0.15, 0.2) is 90.0 Å². The Bertz CT molecular complexity index is 1320. The van der Waals surface area contributed by atoms with E-state index in [4.69, 9.17) is 11.6 Å². The van der Waals surface area contributed by atoms with Crippen LogP contribution >= 0.6 is 23.4 Å². The van der Waals surface area contributed by atoms with Crippen molar-refractivity contribution in [3.8, 4) is 22.4 Å². The van der Waals surface area contributed by atoms with E-state index in [2.05, 4.69) is 40.6 Å². The Morgan fingerprint density at radius 2 is 1.85 bits per heavy atom. The average molecular weight is 471 g/mol. The maximum atomic E-state index is 13.4. The molecule has 0 aliphatic heterocycles. The quantitative estimate of drug-likeness (QED) is 0.291. The third-order valence-corrected chi connectivity index (χ3v) is 6.94. The maximum absolute atomic E-state index is 13.4. The van der Waals surface area contributed by atoms with Gasteiger partial charge in [-0.05, 0) is 90.2 Å². The van der Waals surface area contributed by atoms with Crippen LogP contribution in [0.3, 0.4) is 0 Å². The van der Waals surface area contributed by atoms with E-state index in [9.17, 15) is 4.79 Å². The Hall–Kier alpha value is -3.08. The molecule has 5 rings (SSSR count). The molecule has 0 unspecified atom stereocenters. The van der Waals surface area contributed by atoms with Crippen molar-refractivity contribution in [3.63, 3.8) is 0 Å². The number of pyridine rings is 1. The van der Waals surface area contributed by atoms with E-state index in [1.165, 1.54) is 18.4 Å². The molecule has 1 N–H and O–H groups in total. The average Bonchev–Trinajstić information content (AvgIpc) is 3.71. The molecule has 0 atom stereocenters. The summed E-state index contributed by atoms with van der Waals surface area (Å²) in [5, 5.41) is 3.65. The molecule has 1 aliphatic rings. The van der Waals surface area contributed by atoms with Gasteiger partial charge in [-0.25, -0.2) is 0 Å². The molecule has 5 heteroatoms. The molecule has 3 nitrogen and oxygen atoms in total. The molecule has 1 aliphatic carbocycles. The number of anilines is 1. The number of halogens is 1. The molecule has 33 heavy (non-hydrogen) atoms. The van der Waals surface area contributed by atoms with E-state index in [0.717, 1.165) is 27.3 Å². The van der Waals surface area contributed by atoms with Crippen molar-refractivity contribution in [1.82, 2.24) is 4.98 Å². The van der Waals surface area contributed by atoms with Crippen molar-refractivity contribution in [1.29, 1.82) is 0 Å². The fraction of sp³-hybridized carbons (Fsp3) is 0.143. The number of rotatable bonds is 6. The minimum atomic E-state index is -0.149. The van der Waals surface area contributed by atoms with Crippen molar-refractivity contribution in [2.75, 3.05) is 11.6 Å². The molecule has 1 fully saturated rings. The standard InChI is InChI=1S/C28H23ClN2OS/c1-33-22-11-12-23(24(17-22)20-6-4-5-19(15-20)18-8-9-18)28(32)31-21-10-13-26(29)25(16-21)27-7-2-3-14-30-27/h2-7,10-18H,8-9H2,1H3,(H,31,32). The summed E-state index contributed by atoms with van der Waals surface area (Å²) in [6.07, 6.45) is 6.27. The lowest BCUT2D eigenvalue weighted by Crippen LogP contribution is -2.13. The van der Waals surface area contributed by atoms with E-state index >= 15 is 0 Å². The SMILES string of the molecule is CSc1ccc(C(=O)Nc2ccc(Cl)c(-c3ccccn3)c2)c(-c2cccc(C3CC3)c2)c1. The molecular weight excluding hydrogens is 448 g/mol. The van der Waals surface area contributed by atoms with Crippen LogP contribution in [-0.4, -0.2) is 17.1 Å². The van der Waals surface area contributed by atoms with Crippen molar-refractivity contribution >= 4 is 35.0 Å². The normalized spacial score (nSPS) is 13.0. The van der Waals surface area contributed by atoms with Crippen LogP contribution in [0.4, 0.5) is 5.69 Å². The van der Waals surface area contributed by atoms with Crippen LogP contribution in [0.2, 0.25) is 5.02 Å². The Balaban J connectivity index is 1.49. The zero-order chi connectivity index (χ0) is 22.8. The third-order valence-electron chi connectivity index (χ3n) is 5.88. The highest BCUT2D eigenvalue weighted by molar-refractivity contribution is 7.98. The van der Waals surface area contributed by atoms with Crippen LogP contribution in [0.5, 0.6) is 0 Å². The van der Waals surface area contributed by atoms with E-state index < -0.39 is 0 Å². The molecule has 0 radical (unpaired) electrons. The topological polar surface area (TPSA) is 42.0 Å². The molecule has 1 heterocycles. The number of thioether (sulfide) groups is 1. The first kappa shape index (κ1) is 21.7. The highest BCUT2D eigenvalue weighted by Gasteiger charge is 2.24. The molecule has 164 valence electrons. The summed E-state index contributed by atoms with van der Waals surface area (Å²) in [7, 11) is 0. The van der Waals surface area contributed by atoms with Gasteiger partial charge in [0.25, 0.3) is 5.91 Å². The second-order valence-corrected chi connectivity index (χ2v) is 9.46. The van der Waals surface area contributed by atoms with E-state index in [1.54, 1.807) is 24.0 Å². The summed E-state index contributed by atoms with van der Waals surface area (Å²) in [5.74, 6) is 0.508. The van der Waals surface area contributed by atoms with E-state index in [0.29, 0.717) is 22.2 Å². The first-order chi connectivity index (χ1) is 16.1. The van der Waals surface area contributed by atoms with Crippen molar-refractivity contribution in [2.24, 2.45) is 0 Å². The molecule has 1 amide bonds. The molecule has 4 aromatic rings. The van der Waals surface area contributed by atoms with E-state index in [-0.39, 0.29) is 5.91 Å². The second kappa shape index (κ2) is 9.42. The van der Waals surface area contributed by atoms with Crippen molar-refractivity contribution in [3.05, 3.63) is 101 Å². The molecule has 3 aromatic carbocycles. The zero-order valence-electron chi connectivity index (χ0n) is 18.2. The third kappa shape index (κ3) is 4.82. The Morgan fingerprint density at radius 3 is 2.61 bits per heavy atom. The lowest BCUT2D eigenvalue weighted by Gasteiger charge is -2.14. The van der Waals surface area contributed by atoms with Crippen LogP contribution in [-0.2, 0) is 0 Å². The summed E-state index contributed by atoms with van der Waals surface area (Å²) in [6, 6.07) is 25.8. The first-order valence-electron chi connectivity index (χ1n) is 10.9. The number of hydrogen-bond donors (Lipinski definition) is 1. The number of benzene rings is 3. The van der Waals surface area contributed by atoms with Gasteiger partial charge in [0.15, 0.2) is 0 Å². The Kier molecular flexibility index (Phi) is 6.21. The number of nitrogens with zero attached hydrogens (tertiary/aromatic N) is 1. The lowest BCUT2D eigenvalue weighted by atomic mass is 9.96. The van der Waals surface area contributed by atoms with Gasteiger partial charge in [0.1, 0.15) is 0 Å². The predicted octanol–water partition coefficient (Wildman–Crippen LogP) is 7.92. The molecule has 0 spiro atoms. The van der Waals surface area contributed by atoms with Crippen LogP contribution in [0.25, 0.3) is 22.4 Å². The van der Waals surface area contributed by atoms with E-state index in [1.807, 2.05) is 48.7 Å².